The number of nitrogens with one attached hydrogen (secondary N) is 1. The van der Waals surface area contributed by atoms with E-state index in [9.17, 15) is 14.0 Å². The number of benzene rings is 4. The van der Waals surface area contributed by atoms with Crippen molar-refractivity contribution >= 4 is 17.8 Å². The number of halogens is 1. The maximum Gasteiger partial charge on any atom is 0.257 e. The van der Waals surface area contributed by atoms with E-state index in [0.29, 0.717) is 17.6 Å². The van der Waals surface area contributed by atoms with Crippen LogP contribution >= 0.6 is 0 Å². The fourth-order valence-corrected chi connectivity index (χ4v) is 4.73. The molecule has 2 amide bonds. The minimum absolute atomic E-state index is 0.0974. The van der Waals surface area contributed by atoms with Crippen LogP contribution in [0.4, 0.5) is 10.3 Å². The van der Waals surface area contributed by atoms with Crippen LogP contribution in [-0.4, -0.2) is 39.9 Å². The van der Waals surface area contributed by atoms with Crippen LogP contribution in [0.5, 0.6) is 5.75 Å². The fraction of sp³-hybridized carbons (Fsp3) is 0.171. The molecule has 218 valence electrons. The Morgan fingerprint density at radius 1 is 0.907 bits per heavy atom. The van der Waals surface area contributed by atoms with Crippen LogP contribution in [0.15, 0.2) is 109 Å². The lowest BCUT2D eigenvalue weighted by Gasteiger charge is -2.23. The highest BCUT2D eigenvalue weighted by Crippen LogP contribution is 2.27. The molecule has 0 aliphatic heterocycles. The zero-order valence-corrected chi connectivity index (χ0v) is 24.3. The molecule has 1 heterocycles. The van der Waals surface area contributed by atoms with Gasteiger partial charge >= 0.3 is 0 Å². The van der Waals surface area contributed by atoms with Crippen molar-refractivity contribution in [3.63, 3.8) is 0 Å². The summed E-state index contributed by atoms with van der Waals surface area (Å²) >= 11 is 0. The highest BCUT2D eigenvalue weighted by atomic mass is 19.1. The Labute approximate surface area is 250 Å². The van der Waals surface area contributed by atoms with Crippen LogP contribution in [0, 0.1) is 5.82 Å². The summed E-state index contributed by atoms with van der Waals surface area (Å²) in [4.78, 5) is 33.0. The molecule has 1 N–H and O–H groups in total. The van der Waals surface area contributed by atoms with E-state index in [0.717, 1.165) is 22.6 Å². The summed E-state index contributed by atoms with van der Waals surface area (Å²) in [5, 5.41) is 2.90. The highest BCUT2D eigenvalue weighted by Gasteiger charge is 2.23. The van der Waals surface area contributed by atoms with Crippen molar-refractivity contribution in [2.45, 2.75) is 26.3 Å². The fourth-order valence-electron chi connectivity index (χ4n) is 4.73. The molecule has 0 fully saturated rings. The molecule has 0 saturated heterocycles. The number of amides is 2. The second-order valence-corrected chi connectivity index (χ2v) is 10.5. The van der Waals surface area contributed by atoms with Gasteiger partial charge in [0.1, 0.15) is 18.1 Å². The molecule has 0 aliphatic rings. The minimum atomic E-state index is -0.643. The monoisotopic (exact) mass is 576 g/mol. The summed E-state index contributed by atoms with van der Waals surface area (Å²) < 4.78 is 21.7. The molecule has 0 radical (unpaired) electrons. The van der Waals surface area contributed by atoms with Gasteiger partial charge in [-0.15, -0.1) is 0 Å². The topological polar surface area (TPSA) is 76.5 Å². The summed E-state index contributed by atoms with van der Waals surface area (Å²) in [6.07, 6.45) is 1.86. The molecule has 8 heteroatoms. The molecule has 0 unspecified atom stereocenters. The maximum absolute atomic E-state index is 14.6. The van der Waals surface area contributed by atoms with E-state index in [4.69, 9.17) is 9.72 Å². The van der Waals surface area contributed by atoms with Crippen LogP contribution in [0.1, 0.15) is 41.3 Å². The number of carbonyl (C=O) groups is 2. The molecule has 5 aromatic rings. The van der Waals surface area contributed by atoms with Gasteiger partial charge in [0.25, 0.3) is 5.91 Å². The molecule has 1 aromatic heterocycles. The molecule has 0 atom stereocenters. The van der Waals surface area contributed by atoms with Gasteiger partial charge in [0, 0.05) is 24.0 Å². The molecule has 4 aromatic carbocycles. The Morgan fingerprint density at radius 3 is 2.23 bits per heavy atom. The van der Waals surface area contributed by atoms with Gasteiger partial charge in [-0.05, 0) is 65.6 Å². The van der Waals surface area contributed by atoms with Crippen molar-refractivity contribution in [3.05, 3.63) is 132 Å². The Morgan fingerprint density at radius 2 is 1.58 bits per heavy atom. The van der Waals surface area contributed by atoms with Gasteiger partial charge in [0.2, 0.25) is 11.9 Å². The molecule has 7 nitrogen and oxygen atoms in total. The van der Waals surface area contributed by atoms with Crippen LogP contribution in [0.3, 0.4) is 0 Å². The molecule has 0 aliphatic carbocycles. The first kappa shape index (κ1) is 29.3. The standard InChI is InChI=1S/C35H33FN4O3/c1-24(2)26-13-17-28(18-14-26)40-22-32(27-15-19-29(43-3)20-16-27)37-35(40)38-33(41)23-39(21-25-9-5-4-6-10-25)34(42)30-11-7-8-12-31(30)36/h4-20,22,24H,21,23H2,1-3H3,(H,37,38,41). The van der Waals surface area contributed by atoms with Gasteiger partial charge in [0.15, 0.2) is 0 Å². The first-order valence-electron chi connectivity index (χ1n) is 14.0. The SMILES string of the molecule is COc1ccc(-c2cn(-c3ccc(C(C)C)cc3)c(NC(=O)CN(Cc3ccccc3)C(=O)c3ccccc3F)n2)cc1. The summed E-state index contributed by atoms with van der Waals surface area (Å²) in [6, 6.07) is 30.6. The highest BCUT2D eigenvalue weighted by molar-refractivity contribution is 5.99. The summed E-state index contributed by atoms with van der Waals surface area (Å²) in [7, 11) is 1.61. The van der Waals surface area contributed by atoms with Gasteiger partial charge in [-0.2, -0.15) is 0 Å². The van der Waals surface area contributed by atoms with E-state index in [1.54, 1.807) is 13.2 Å². The Balaban J connectivity index is 1.46. The molecule has 0 saturated carbocycles. The van der Waals surface area contributed by atoms with E-state index < -0.39 is 17.6 Å². The Hall–Kier alpha value is -5.24. The first-order chi connectivity index (χ1) is 20.8. The number of anilines is 1. The average molecular weight is 577 g/mol. The van der Waals surface area contributed by atoms with Crippen LogP contribution < -0.4 is 10.1 Å². The predicted molar refractivity (Wildman–Crippen MR) is 166 cm³/mol. The number of methoxy groups -OCH3 is 1. The number of hydrogen-bond donors (Lipinski definition) is 1. The van der Waals surface area contributed by atoms with Gasteiger partial charge in [-0.25, -0.2) is 9.37 Å². The lowest BCUT2D eigenvalue weighted by molar-refractivity contribution is -0.117. The van der Waals surface area contributed by atoms with Crippen LogP contribution in [0.25, 0.3) is 16.9 Å². The number of rotatable bonds is 10. The zero-order chi connectivity index (χ0) is 30.3. The number of nitrogens with zero attached hydrogens (tertiary/aromatic N) is 3. The predicted octanol–water partition coefficient (Wildman–Crippen LogP) is 7.09. The third-order valence-electron chi connectivity index (χ3n) is 7.12. The number of imidazole rings is 1. The van der Waals surface area contributed by atoms with Gasteiger partial charge in [-0.3, -0.25) is 19.5 Å². The third kappa shape index (κ3) is 6.98. The zero-order valence-electron chi connectivity index (χ0n) is 24.3. The summed E-state index contributed by atoms with van der Waals surface area (Å²) in [5.74, 6) is -0.301. The minimum Gasteiger partial charge on any atom is -0.497 e. The quantitative estimate of drug-likeness (QED) is 0.193. The normalized spacial score (nSPS) is 10.9. The molecular formula is C35H33FN4O3. The van der Waals surface area contributed by atoms with Crippen molar-refractivity contribution in [1.82, 2.24) is 14.5 Å². The number of carbonyl (C=O) groups excluding carboxylic acids is 2. The average Bonchev–Trinajstić information content (AvgIpc) is 3.44. The summed E-state index contributed by atoms with van der Waals surface area (Å²) in [6.45, 7) is 4.08. The lowest BCUT2D eigenvalue weighted by atomic mass is 10.0. The first-order valence-corrected chi connectivity index (χ1v) is 14.0. The van der Waals surface area contributed by atoms with Crippen molar-refractivity contribution in [2.75, 3.05) is 19.0 Å². The van der Waals surface area contributed by atoms with Crippen molar-refractivity contribution in [2.24, 2.45) is 0 Å². The van der Waals surface area contributed by atoms with E-state index in [2.05, 4.69) is 19.2 Å². The molecule has 0 bridgehead atoms. The van der Waals surface area contributed by atoms with Crippen LogP contribution in [-0.2, 0) is 11.3 Å². The van der Waals surface area contributed by atoms with Crippen molar-refractivity contribution in [1.29, 1.82) is 0 Å². The largest absolute Gasteiger partial charge is 0.497 e. The van der Waals surface area contributed by atoms with Gasteiger partial charge in [-0.1, -0.05) is 68.4 Å². The number of ether oxygens (including phenoxy) is 1. The number of hydrogen-bond acceptors (Lipinski definition) is 4. The van der Waals surface area contributed by atoms with E-state index in [1.807, 2.05) is 89.6 Å². The third-order valence-corrected chi connectivity index (χ3v) is 7.12. The molecule has 5 rings (SSSR count). The van der Waals surface area contributed by atoms with Crippen molar-refractivity contribution < 1.29 is 18.7 Å². The maximum atomic E-state index is 14.6. The van der Waals surface area contributed by atoms with Gasteiger partial charge in [0.05, 0.1) is 18.4 Å². The Kier molecular flexibility index (Phi) is 8.96. The smallest absolute Gasteiger partial charge is 0.257 e. The summed E-state index contributed by atoms with van der Waals surface area (Å²) in [5.41, 5.74) is 4.21. The second kappa shape index (κ2) is 13.2. The Bertz CT molecular complexity index is 1700. The van der Waals surface area contributed by atoms with Gasteiger partial charge < -0.3 is 9.64 Å². The molecule has 0 spiro atoms. The van der Waals surface area contributed by atoms with E-state index in [-0.39, 0.29) is 18.7 Å². The van der Waals surface area contributed by atoms with Crippen LogP contribution in [0.2, 0.25) is 0 Å². The number of aromatic nitrogens is 2. The van der Waals surface area contributed by atoms with Crippen molar-refractivity contribution in [3.8, 4) is 22.7 Å². The second-order valence-electron chi connectivity index (χ2n) is 10.5. The lowest BCUT2D eigenvalue weighted by Crippen LogP contribution is -2.38. The molecule has 43 heavy (non-hydrogen) atoms. The molecular weight excluding hydrogens is 543 g/mol. The van der Waals surface area contributed by atoms with E-state index >= 15 is 0 Å². The van der Waals surface area contributed by atoms with E-state index in [1.165, 1.54) is 28.7 Å².